The maximum Gasteiger partial charge on any atom is 0.247 e. The number of ether oxygens (including phenoxy) is 1. The van der Waals surface area contributed by atoms with E-state index in [1.807, 2.05) is 0 Å². The second-order valence-electron chi connectivity index (χ2n) is 7.28. The molecule has 3 aromatic rings. The topological polar surface area (TPSA) is 97.6 Å². The Morgan fingerprint density at radius 1 is 1.33 bits per heavy atom. The number of pyridine rings is 2. The molecule has 9 nitrogen and oxygen atoms in total. The molecule has 30 heavy (non-hydrogen) atoms. The van der Waals surface area contributed by atoms with Crippen LogP contribution >= 0.6 is 11.3 Å². The molecule has 4 rings (SSSR count). The molecule has 11 heteroatoms. The van der Waals surface area contributed by atoms with Crippen molar-refractivity contribution in [3.8, 4) is 5.13 Å². The molecule has 0 radical (unpaired) electrons. The SMILES string of the molecule is COCC1CCCN1c1ccc2c(=O)c(S(=O)(=O)N(C)C)cn(-c3nccs3)c2n1. The highest BCUT2D eigenvalue weighted by atomic mass is 32.2. The highest BCUT2D eigenvalue weighted by molar-refractivity contribution is 7.89. The van der Waals surface area contributed by atoms with Crippen molar-refractivity contribution >= 4 is 38.2 Å². The van der Waals surface area contributed by atoms with E-state index in [4.69, 9.17) is 9.72 Å². The molecule has 0 spiro atoms. The Bertz CT molecular complexity index is 1220. The van der Waals surface area contributed by atoms with Crippen LogP contribution in [0.5, 0.6) is 0 Å². The van der Waals surface area contributed by atoms with Crippen LogP contribution in [0.15, 0.2) is 39.6 Å². The third kappa shape index (κ3) is 3.51. The molecule has 1 aliphatic heterocycles. The number of aromatic nitrogens is 3. The van der Waals surface area contributed by atoms with Gasteiger partial charge in [0, 0.05) is 45.5 Å². The van der Waals surface area contributed by atoms with Crippen LogP contribution in [0.3, 0.4) is 0 Å². The average molecular weight is 450 g/mol. The Labute approximate surface area is 178 Å². The lowest BCUT2D eigenvalue weighted by molar-refractivity contribution is 0.180. The quantitative estimate of drug-likeness (QED) is 0.565. The van der Waals surface area contributed by atoms with E-state index >= 15 is 0 Å². The van der Waals surface area contributed by atoms with Crippen molar-refractivity contribution < 1.29 is 13.2 Å². The summed E-state index contributed by atoms with van der Waals surface area (Å²) in [5.74, 6) is 0.731. The molecular formula is C19H23N5O4S2. The fourth-order valence-electron chi connectivity index (χ4n) is 3.69. The van der Waals surface area contributed by atoms with Crippen LogP contribution in [0, 0.1) is 0 Å². The van der Waals surface area contributed by atoms with Crippen molar-refractivity contribution in [1.82, 2.24) is 18.8 Å². The zero-order valence-electron chi connectivity index (χ0n) is 17.0. The van der Waals surface area contributed by atoms with Crippen molar-refractivity contribution in [3.05, 3.63) is 40.1 Å². The van der Waals surface area contributed by atoms with E-state index in [1.165, 1.54) is 31.6 Å². The zero-order valence-corrected chi connectivity index (χ0v) is 18.6. The molecule has 160 valence electrons. The summed E-state index contributed by atoms with van der Waals surface area (Å²) in [6.07, 6.45) is 5.00. The van der Waals surface area contributed by atoms with Gasteiger partial charge in [0.05, 0.1) is 18.0 Å². The van der Waals surface area contributed by atoms with E-state index in [0.717, 1.165) is 29.5 Å². The summed E-state index contributed by atoms with van der Waals surface area (Å²) in [6, 6.07) is 3.64. The minimum atomic E-state index is -3.93. The summed E-state index contributed by atoms with van der Waals surface area (Å²) < 4.78 is 33.5. The second-order valence-corrected chi connectivity index (χ2v) is 10.3. The summed E-state index contributed by atoms with van der Waals surface area (Å²) in [6.45, 7) is 1.44. The normalized spacial score (nSPS) is 17.3. The molecular weight excluding hydrogens is 426 g/mol. The first-order chi connectivity index (χ1) is 14.3. The molecule has 3 aromatic heterocycles. The molecule has 1 aliphatic rings. The molecule has 0 saturated carbocycles. The molecule has 0 aromatic carbocycles. The number of methoxy groups -OCH3 is 1. The van der Waals surface area contributed by atoms with Crippen LogP contribution in [-0.4, -0.2) is 67.7 Å². The van der Waals surface area contributed by atoms with Gasteiger partial charge in [-0.1, -0.05) is 0 Å². The highest BCUT2D eigenvalue weighted by Gasteiger charge is 2.28. The van der Waals surface area contributed by atoms with E-state index < -0.39 is 15.5 Å². The van der Waals surface area contributed by atoms with Crippen LogP contribution in [0.4, 0.5) is 5.82 Å². The van der Waals surface area contributed by atoms with Crippen LogP contribution in [0.2, 0.25) is 0 Å². The Morgan fingerprint density at radius 3 is 2.80 bits per heavy atom. The summed E-state index contributed by atoms with van der Waals surface area (Å²) >= 11 is 1.34. The van der Waals surface area contributed by atoms with Gasteiger partial charge in [0.1, 0.15) is 10.7 Å². The monoisotopic (exact) mass is 449 g/mol. The van der Waals surface area contributed by atoms with E-state index in [1.54, 1.807) is 35.4 Å². The number of hydrogen-bond acceptors (Lipinski definition) is 8. The van der Waals surface area contributed by atoms with Crippen molar-refractivity contribution in [1.29, 1.82) is 0 Å². The lowest BCUT2D eigenvalue weighted by atomic mass is 10.2. The number of hydrogen-bond donors (Lipinski definition) is 0. The average Bonchev–Trinajstić information content (AvgIpc) is 3.40. The number of sulfonamides is 1. The number of nitrogens with zero attached hydrogens (tertiary/aromatic N) is 5. The molecule has 4 heterocycles. The van der Waals surface area contributed by atoms with Gasteiger partial charge < -0.3 is 9.64 Å². The molecule has 0 bridgehead atoms. The Morgan fingerprint density at radius 2 is 2.13 bits per heavy atom. The second kappa shape index (κ2) is 8.06. The van der Waals surface area contributed by atoms with Crippen molar-refractivity contribution in [2.24, 2.45) is 0 Å². The lowest BCUT2D eigenvalue weighted by Gasteiger charge is -2.25. The third-order valence-corrected chi connectivity index (χ3v) is 7.80. The smallest absolute Gasteiger partial charge is 0.247 e. The first kappa shape index (κ1) is 20.9. The van der Waals surface area contributed by atoms with E-state index in [-0.39, 0.29) is 16.3 Å². The first-order valence-corrected chi connectivity index (χ1v) is 11.8. The molecule has 0 amide bonds. The van der Waals surface area contributed by atoms with Gasteiger partial charge in [-0.3, -0.25) is 9.36 Å². The summed E-state index contributed by atoms with van der Waals surface area (Å²) in [7, 11) is 0.546. The Hall–Kier alpha value is -2.34. The van der Waals surface area contributed by atoms with Crippen LogP contribution in [0.1, 0.15) is 12.8 Å². The third-order valence-electron chi connectivity index (χ3n) is 5.22. The number of fused-ring (bicyclic) bond motifs is 1. The molecule has 1 saturated heterocycles. The minimum Gasteiger partial charge on any atom is -0.383 e. The summed E-state index contributed by atoms with van der Waals surface area (Å²) in [5, 5.41) is 2.56. The largest absolute Gasteiger partial charge is 0.383 e. The Balaban J connectivity index is 1.96. The van der Waals surface area contributed by atoms with E-state index in [9.17, 15) is 13.2 Å². The van der Waals surface area contributed by atoms with Crippen LogP contribution < -0.4 is 10.3 Å². The van der Waals surface area contributed by atoms with Crippen LogP contribution in [0.25, 0.3) is 16.2 Å². The van der Waals surface area contributed by atoms with Gasteiger partial charge in [0.25, 0.3) is 0 Å². The first-order valence-electron chi connectivity index (χ1n) is 9.49. The fraction of sp³-hybridized carbons (Fsp3) is 0.421. The van der Waals surface area contributed by atoms with E-state index in [0.29, 0.717) is 17.4 Å². The van der Waals surface area contributed by atoms with Gasteiger partial charge in [-0.25, -0.2) is 22.7 Å². The van der Waals surface area contributed by atoms with Gasteiger partial charge in [0.2, 0.25) is 15.5 Å². The predicted octanol–water partition coefficient (Wildman–Crippen LogP) is 1.71. The molecule has 0 aliphatic carbocycles. The molecule has 0 N–H and O–H groups in total. The number of rotatable bonds is 6. The maximum absolute atomic E-state index is 13.1. The van der Waals surface area contributed by atoms with Gasteiger partial charge in [-0.15, -0.1) is 11.3 Å². The maximum atomic E-state index is 13.1. The summed E-state index contributed by atoms with van der Waals surface area (Å²) in [4.78, 5) is 24.0. The van der Waals surface area contributed by atoms with Crippen molar-refractivity contribution in [2.75, 3.05) is 39.3 Å². The standard InChI is InChI=1S/C19H23N5O4S2/c1-22(2)30(26,27)15-11-24(19-20-8-10-29-19)18-14(17(15)25)6-7-16(21-18)23-9-4-5-13(23)12-28-3/h6-8,10-11,13H,4-5,9,12H2,1-3H3. The number of thiazole rings is 1. The summed E-state index contributed by atoms with van der Waals surface area (Å²) in [5.41, 5.74) is -0.186. The van der Waals surface area contributed by atoms with Crippen LogP contribution in [-0.2, 0) is 14.8 Å². The zero-order chi connectivity index (χ0) is 21.5. The molecule has 1 fully saturated rings. The van der Waals surface area contributed by atoms with E-state index in [2.05, 4.69) is 9.88 Å². The highest BCUT2D eigenvalue weighted by Crippen LogP contribution is 2.27. The number of anilines is 1. The molecule has 1 atom stereocenters. The minimum absolute atomic E-state index is 0.216. The Kier molecular flexibility index (Phi) is 5.62. The molecule has 1 unspecified atom stereocenters. The van der Waals surface area contributed by atoms with Gasteiger partial charge >= 0.3 is 0 Å². The van der Waals surface area contributed by atoms with Crippen molar-refractivity contribution in [2.45, 2.75) is 23.8 Å². The fourth-order valence-corrected chi connectivity index (χ4v) is 5.29. The van der Waals surface area contributed by atoms with Gasteiger partial charge in [-0.05, 0) is 25.0 Å². The lowest BCUT2D eigenvalue weighted by Crippen LogP contribution is -2.33. The van der Waals surface area contributed by atoms with Crippen molar-refractivity contribution in [3.63, 3.8) is 0 Å². The van der Waals surface area contributed by atoms with Gasteiger partial charge in [-0.2, -0.15) is 0 Å². The van der Waals surface area contributed by atoms with Gasteiger partial charge in [0.15, 0.2) is 10.8 Å². The predicted molar refractivity (Wildman–Crippen MR) is 116 cm³/mol.